The van der Waals surface area contributed by atoms with Crippen LogP contribution in [0.5, 0.6) is 11.5 Å². The van der Waals surface area contributed by atoms with E-state index in [9.17, 15) is 69.3 Å². The van der Waals surface area contributed by atoms with E-state index >= 15 is 0 Å². The van der Waals surface area contributed by atoms with Crippen LogP contribution in [-0.2, 0) is 49.3 Å². The van der Waals surface area contributed by atoms with Crippen LogP contribution in [0.1, 0.15) is 56.5 Å². The molecule has 9 unspecified atom stereocenters. The summed E-state index contributed by atoms with van der Waals surface area (Å²) in [6, 6.07) is 15.4. The lowest BCUT2D eigenvalue weighted by molar-refractivity contribution is -0.433. The molecule has 0 saturated carbocycles. The summed E-state index contributed by atoms with van der Waals surface area (Å²) >= 11 is 0.0725. The van der Waals surface area contributed by atoms with Crippen molar-refractivity contribution in [2.75, 3.05) is 80.1 Å². The van der Waals surface area contributed by atoms with E-state index in [1.807, 2.05) is 24.3 Å². The third kappa shape index (κ3) is 17.4. The van der Waals surface area contributed by atoms with Gasteiger partial charge in [0.2, 0.25) is 42.0 Å². The fourth-order valence-electron chi connectivity index (χ4n) is 12.7. The Balaban J connectivity index is 0.933. The van der Waals surface area contributed by atoms with E-state index in [1.165, 1.54) is 36.9 Å². The first kappa shape index (κ1) is 70.9. The number of nitrogens with one attached hydrogen (secondary N) is 5. The Morgan fingerprint density at radius 3 is 1.85 bits per heavy atom. The van der Waals surface area contributed by atoms with Crippen molar-refractivity contribution >= 4 is 70.7 Å². The number of rotatable bonds is 16. The van der Waals surface area contributed by atoms with Crippen LogP contribution >= 0.6 is 12.3 Å². The maximum Gasteiger partial charge on any atom is 0.261 e. The van der Waals surface area contributed by atoms with Gasteiger partial charge in [-0.25, -0.2) is 11.8 Å². The van der Waals surface area contributed by atoms with Crippen LogP contribution in [0, 0.1) is 12.5 Å². The molecule has 13 N–H and O–H groups in total. The number of anilines is 3. The van der Waals surface area contributed by atoms with Crippen molar-refractivity contribution in [2.45, 2.75) is 132 Å². The van der Waals surface area contributed by atoms with Gasteiger partial charge in [-0.3, -0.25) is 33.6 Å². The Bertz CT molecular complexity index is 3390. The van der Waals surface area contributed by atoms with Crippen LogP contribution in [-0.4, -0.2) is 243 Å². The monoisotopic (exact) mass is 1340 g/mol. The number of aliphatic hydroxyl groups excluding tert-OH is 6. The van der Waals surface area contributed by atoms with Crippen LogP contribution < -0.4 is 45.5 Å². The molecule has 0 bridgehead atoms. The van der Waals surface area contributed by atoms with Crippen molar-refractivity contribution in [3.05, 3.63) is 114 Å². The fourth-order valence-corrected chi connectivity index (χ4v) is 13.0. The number of nitrogens with zero attached hydrogens (tertiary/aromatic N) is 6. The summed E-state index contributed by atoms with van der Waals surface area (Å²) in [4.78, 5) is 113. The fraction of sp³-hybridized carbons (Fsp3) is 0.500. The largest absolute Gasteiger partial charge is 0.504 e. The summed E-state index contributed by atoms with van der Waals surface area (Å²) in [6.07, 6.45) is -11.9. The first-order valence-electron chi connectivity index (χ1n) is 31.3. The first-order valence-corrected chi connectivity index (χ1v) is 31.9. The van der Waals surface area contributed by atoms with Gasteiger partial charge >= 0.3 is 0 Å². The number of morpholine rings is 1. The molecule has 15 atom stereocenters. The topological polar surface area (TPSA) is 399 Å². The Labute approximate surface area is 552 Å². The number of amides is 7. The van der Waals surface area contributed by atoms with E-state index in [0.29, 0.717) is 0 Å². The molecular weight excluding hydrogens is 1260 g/mol. The number of hydrogen-bond acceptors (Lipinski definition) is 23. The van der Waals surface area contributed by atoms with Crippen molar-refractivity contribution < 1.29 is 92.9 Å². The number of benzene rings is 4. The molecule has 0 radical (unpaired) electrons. The number of phenols is 1. The molecule has 5 saturated heterocycles. The predicted molar refractivity (Wildman–Crippen MR) is 342 cm³/mol. The number of carbonyl (C=O) groups is 7. The number of piperazine rings is 1. The van der Waals surface area contributed by atoms with Gasteiger partial charge < -0.3 is 101 Å². The van der Waals surface area contributed by atoms with Crippen LogP contribution in [0.3, 0.4) is 0 Å². The summed E-state index contributed by atoms with van der Waals surface area (Å²) < 4.78 is 15.2. The molecule has 30 nitrogen and oxygen atoms in total. The average Bonchev–Trinajstić information content (AvgIpc) is 1.72. The molecule has 5 aliphatic rings. The maximum atomic E-state index is 14.7. The molecule has 7 amide bonds. The minimum atomic E-state index is -2.15. The number of ether oxygens (including phenoxy) is 1. The highest BCUT2D eigenvalue weighted by atomic mass is 32.2. The van der Waals surface area contributed by atoms with Gasteiger partial charge in [0, 0.05) is 107 Å². The molecular formula is C64H81N11O19S. The molecule has 31 heteroatoms. The highest BCUT2D eigenvalue weighted by Crippen LogP contribution is 2.33. The smallest absolute Gasteiger partial charge is 0.261 e. The van der Waals surface area contributed by atoms with Crippen molar-refractivity contribution in [3.8, 4) is 22.6 Å². The second-order valence-corrected chi connectivity index (χ2v) is 25.2. The number of carbonyl (C=O) groups excluding carboxylic acids is 7. The van der Waals surface area contributed by atoms with Gasteiger partial charge in [-0.15, -0.1) is 0 Å². The normalized spacial score (nSPS) is 27.7. The number of hydrogen-bond donors (Lipinski definition) is 13. The minimum absolute atomic E-state index is 0.0651. The molecule has 9 rings (SSSR count). The van der Waals surface area contributed by atoms with Crippen molar-refractivity contribution in [3.63, 3.8) is 0 Å². The highest BCUT2D eigenvalue weighted by molar-refractivity contribution is 7.90. The van der Waals surface area contributed by atoms with E-state index in [0.717, 1.165) is 84.6 Å². The van der Waals surface area contributed by atoms with E-state index < -0.39 is 165 Å². The van der Waals surface area contributed by atoms with Gasteiger partial charge in [-0.1, -0.05) is 46.6 Å². The zero-order chi connectivity index (χ0) is 68.4. The van der Waals surface area contributed by atoms with Gasteiger partial charge in [0.05, 0.1) is 42.7 Å². The molecule has 4 aromatic rings. The molecule has 95 heavy (non-hydrogen) atoms. The van der Waals surface area contributed by atoms with Gasteiger partial charge in [0.15, 0.2) is 17.6 Å². The Morgan fingerprint density at radius 1 is 0.684 bits per heavy atom. The molecule has 512 valence electrons. The summed E-state index contributed by atoms with van der Waals surface area (Å²) in [5.74, 6) is -9.52. The van der Waals surface area contributed by atoms with Crippen molar-refractivity contribution in [1.82, 2.24) is 36.4 Å². The lowest BCUT2D eigenvalue weighted by Crippen LogP contribution is -2.64. The summed E-state index contributed by atoms with van der Waals surface area (Å²) in [5, 5.41) is 103. The Morgan fingerprint density at radius 2 is 1.25 bits per heavy atom. The van der Waals surface area contributed by atoms with Crippen molar-refractivity contribution in [2.24, 2.45) is 5.92 Å². The molecule has 5 heterocycles. The highest BCUT2D eigenvalue weighted by Gasteiger charge is 2.50. The molecule has 0 aliphatic carbocycles. The number of aliphatic hydroxyl groups is 6. The molecule has 4 aromatic carbocycles. The summed E-state index contributed by atoms with van der Waals surface area (Å²) in [6.45, 7) is 16.8. The number of β-amino-alcohol motifs (C(OH)–C–C–N with tert-alkyl or cyclic N) is 1. The maximum absolute atomic E-state index is 14.7. The number of phenolic OH excluding ortho intramolecular Hbond substituents is 1. The first-order chi connectivity index (χ1) is 45.4. The van der Waals surface area contributed by atoms with Gasteiger partial charge in [0.1, 0.15) is 36.3 Å². The summed E-state index contributed by atoms with van der Waals surface area (Å²) in [7, 11) is 0. The lowest BCUT2D eigenvalue weighted by atomic mass is 9.99. The molecule has 0 aromatic heterocycles. The predicted octanol–water partition coefficient (Wildman–Crippen LogP) is -0.770. The Kier molecular flexibility index (Phi) is 23.8. The zero-order valence-electron chi connectivity index (χ0n) is 52.7. The summed E-state index contributed by atoms with van der Waals surface area (Å²) in [5.41, 5.74) is 5.16. The van der Waals surface area contributed by atoms with E-state index in [-0.39, 0.29) is 48.0 Å². The van der Waals surface area contributed by atoms with Gasteiger partial charge in [0.25, 0.3) is 18.2 Å². The molecule has 5 aliphatic heterocycles. The zero-order valence-corrected chi connectivity index (χ0v) is 53.5. The minimum Gasteiger partial charge on any atom is -0.504 e. The van der Waals surface area contributed by atoms with Crippen LogP contribution in [0.2, 0.25) is 0 Å². The van der Waals surface area contributed by atoms with E-state index in [4.69, 9.17) is 20.7 Å². The standard InChI is InChI=1S/C64H81N11O19S/c1-34-30-75-56(57(34)82)62(87)66-28-45(77)26-47(67-58(83)41-9-7-39(8-10-41)40-11-13-42(14-12-40)71-20-22-72(23-21-71)43-15-17-44(18-16-43)73-31-35(2)91-36(3)32-73)59(84)68-53(37(4)76)63(88)74-33-46(78)27-48(74)60(85)69-54(61(86)70-55(64(75)89)51(81)29-65-5)50(80)24-38-6-19-49(79)52(25-38)92-95-94-93-90/h6-19,25,34-37,45-48,50-51,53-57,76-82,90H,20-24,26-33H2,1-4H3,(H,66,87)(H,67,83)(H,68,84)(H,69,85)(H,70,86)/t34?,35?,36?,37?,45-,46?,47-,48?,50+,51+,53?,54?,55-,56?,57-/m0/s1. The second kappa shape index (κ2) is 31.9. The van der Waals surface area contributed by atoms with Crippen LogP contribution in [0.25, 0.3) is 16.0 Å². The molecule has 0 spiro atoms. The third-order valence-electron chi connectivity index (χ3n) is 17.7. The van der Waals surface area contributed by atoms with Gasteiger partial charge in [-0.2, -0.15) is 0 Å². The number of aromatic hydroxyl groups is 1. The Hall–Kier alpha value is -8.39. The van der Waals surface area contributed by atoms with E-state index in [1.54, 1.807) is 12.1 Å². The SMILES string of the molecule is [C-]#[N+]C[C@@H](O)[C@@H]1NC(=O)C([C@H](O)Cc2ccc(O)c(OSOOO)c2)NC(=O)C2CC(O)CN2C(=O)C(C(C)O)NC(=O)[C@@H](NC(=O)c2ccc(-c3ccc(N4CCN(c5ccc(N6CC(C)OC(C)C6)cc5)CC4)cc3)cc2)C[C@H](O)CNC(=O)C2[C@@H](O)C(C)CN2C1=O. The molecule has 5 fully saturated rings. The second-order valence-electron chi connectivity index (χ2n) is 24.7. The quantitative estimate of drug-likeness (QED) is 0.0215. The third-order valence-corrected chi connectivity index (χ3v) is 18.0. The van der Waals surface area contributed by atoms with E-state index in [2.05, 4.69) is 93.6 Å². The number of fused-ring (bicyclic) bond motifs is 2. The average molecular weight is 1340 g/mol. The van der Waals surface area contributed by atoms with Crippen LogP contribution in [0.4, 0.5) is 17.1 Å². The lowest BCUT2D eigenvalue weighted by Gasteiger charge is -2.38. The van der Waals surface area contributed by atoms with Gasteiger partial charge in [-0.05, 0) is 98.1 Å². The van der Waals surface area contributed by atoms with Crippen LogP contribution in [0.15, 0.2) is 91.0 Å². The van der Waals surface area contributed by atoms with Crippen molar-refractivity contribution in [1.29, 1.82) is 0 Å².